The molecular weight excluding hydrogens is 316 g/mol. The van der Waals surface area contributed by atoms with Gasteiger partial charge in [-0.15, -0.1) is 0 Å². The van der Waals surface area contributed by atoms with Gasteiger partial charge in [-0.25, -0.2) is 8.42 Å². The minimum atomic E-state index is -3.19. The highest BCUT2D eigenvalue weighted by molar-refractivity contribution is 7.90. The molecule has 2 aliphatic heterocycles. The molecule has 3 rings (SSSR count). The summed E-state index contributed by atoms with van der Waals surface area (Å²) in [5.41, 5.74) is 0.765. The van der Waals surface area contributed by atoms with Gasteiger partial charge in [0.05, 0.1) is 4.90 Å². The van der Waals surface area contributed by atoms with Gasteiger partial charge in [0.2, 0.25) is 11.8 Å². The lowest BCUT2D eigenvalue weighted by Gasteiger charge is -2.43. The van der Waals surface area contributed by atoms with Gasteiger partial charge in [0.15, 0.2) is 9.84 Å². The summed E-state index contributed by atoms with van der Waals surface area (Å²) >= 11 is 0. The van der Waals surface area contributed by atoms with Gasteiger partial charge in [-0.05, 0) is 42.5 Å². The maximum Gasteiger partial charge on any atom is 0.227 e. The molecule has 0 radical (unpaired) electrons. The highest BCUT2D eigenvalue weighted by Gasteiger charge is 2.41. The van der Waals surface area contributed by atoms with Crippen LogP contribution in [0.4, 0.5) is 5.69 Å². The predicted molar refractivity (Wildman–Crippen MR) is 85.8 cm³/mol. The van der Waals surface area contributed by atoms with Crippen LogP contribution in [0.5, 0.6) is 0 Å². The first-order valence-corrected chi connectivity index (χ1v) is 9.54. The van der Waals surface area contributed by atoms with Gasteiger partial charge in [0.1, 0.15) is 0 Å². The van der Waals surface area contributed by atoms with Gasteiger partial charge < -0.3 is 4.90 Å². The van der Waals surface area contributed by atoms with Gasteiger partial charge in [0, 0.05) is 37.9 Å². The average Bonchev–Trinajstić information content (AvgIpc) is 2.46. The van der Waals surface area contributed by atoms with E-state index in [0.29, 0.717) is 17.7 Å². The van der Waals surface area contributed by atoms with Crippen LogP contribution in [0, 0.1) is 5.41 Å². The molecule has 124 valence electrons. The summed E-state index contributed by atoms with van der Waals surface area (Å²) in [5, 5.41) is 2.37. The molecule has 0 aromatic heterocycles. The summed E-state index contributed by atoms with van der Waals surface area (Å²) in [5.74, 6) is -0.348. The number of sulfone groups is 1. The molecular formula is C16H20N2O4S. The van der Waals surface area contributed by atoms with Crippen molar-refractivity contribution < 1.29 is 18.0 Å². The third kappa shape index (κ3) is 3.39. The Hall–Kier alpha value is -1.89. The number of hydrogen-bond acceptors (Lipinski definition) is 5. The molecule has 0 unspecified atom stereocenters. The summed E-state index contributed by atoms with van der Waals surface area (Å²) in [4.78, 5) is 25.7. The van der Waals surface area contributed by atoms with E-state index in [1.807, 2.05) is 12.1 Å². The number of carbonyl (C=O) groups excluding carboxylic acids is 2. The second-order valence-corrected chi connectivity index (χ2v) is 8.59. The van der Waals surface area contributed by atoms with Gasteiger partial charge in [-0.1, -0.05) is 0 Å². The topological polar surface area (TPSA) is 83.6 Å². The van der Waals surface area contributed by atoms with Crippen molar-refractivity contribution in [2.45, 2.75) is 30.6 Å². The molecule has 6 nitrogen and oxygen atoms in total. The van der Waals surface area contributed by atoms with E-state index in [1.54, 1.807) is 12.1 Å². The first-order valence-electron chi connectivity index (χ1n) is 7.65. The molecule has 1 N–H and O–H groups in total. The van der Waals surface area contributed by atoms with Crippen molar-refractivity contribution in [1.29, 1.82) is 0 Å². The normalized spacial score (nSPS) is 21.3. The molecule has 0 saturated carbocycles. The van der Waals surface area contributed by atoms with Crippen molar-refractivity contribution in [1.82, 2.24) is 5.32 Å². The summed E-state index contributed by atoms with van der Waals surface area (Å²) in [6.45, 7) is 1.53. The molecule has 2 fully saturated rings. The lowest BCUT2D eigenvalue weighted by molar-refractivity contribution is -0.138. The number of carbonyl (C=O) groups is 2. The fourth-order valence-corrected chi connectivity index (χ4v) is 4.12. The molecule has 0 aliphatic carbocycles. The molecule has 7 heteroatoms. The van der Waals surface area contributed by atoms with Crippen molar-refractivity contribution in [2.24, 2.45) is 5.41 Å². The van der Waals surface area contributed by atoms with Crippen LogP contribution in [0.1, 0.15) is 25.7 Å². The van der Waals surface area contributed by atoms with Crippen molar-refractivity contribution in [3.05, 3.63) is 24.3 Å². The number of nitrogens with one attached hydrogen (secondary N) is 1. The van der Waals surface area contributed by atoms with Crippen LogP contribution in [0.25, 0.3) is 0 Å². The number of benzene rings is 1. The molecule has 2 aliphatic rings. The predicted octanol–water partition coefficient (Wildman–Crippen LogP) is 1.11. The van der Waals surface area contributed by atoms with E-state index in [2.05, 4.69) is 10.2 Å². The van der Waals surface area contributed by atoms with E-state index in [0.717, 1.165) is 31.6 Å². The molecule has 0 bridgehead atoms. The Morgan fingerprint density at radius 3 is 2.00 bits per heavy atom. The number of nitrogens with zero attached hydrogens (tertiary/aromatic N) is 1. The molecule has 0 atom stereocenters. The summed E-state index contributed by atoms with van der Waals surface area (Å²) in [6, 6.07) is 6.86. The first-order chi connectivity index (χ1) is 10.8. The summed E-state index contributed by atoms with van der Waals surface area (Å²) < 4.78 is 23.0. The van der Waals surface area contributed by atoms with E-state index in [1.165, 1.54) is 6.26 Å². The Bertz CT molecular complexity index is 714. The van der Waals surface area contributed by atoms with Crippen LogP contribution in [-0.2, 0) is 19.4 Å². The molecule has 1 aromatic carbocycles. The number of piperidine rings is 2. The van der Waals surface area contributed by atoms with Gasteiger partial charge in [-0.3, -0.25) is 14.9 Å². The number of anilines is 1. The van der Waals surface area contributed by atoms with Crippen molar-refractivity contribution >= 4 is 27.3 Å². The monoisotopic (exact) mass is 336 g/mol. The van der Waals surface area contributed by atoms with Crippen molar-refractivity contribution in [3.63, 3.8) is 0 Å². The molecule has 2 amide bonds. The van der Waals surface area contributed by atoms with E-state index >= 15 is 0 Å². The zero-order valence-corrected chi connectivity index (χ0v) is 13.9. The van der Waals surface area contributed by atoms with Crippen LogP contribution >= 0.6 is 0 Å². The SMILES string of the molecule is CS(=O)(=O)c1ccc(N2CCC3(CC2)CC(=O)NC(=O)C3)cc1. The van der Waals surface area contributed by atoms with E-state index in [9.17, 15) is 18.0 Å². The second-order valence-electron chi connectivity index (χ2n) is 6.58. The quantitative estimate of drug-likeness (QED) is 0.818. The Morgan fingerprint density at radius 2 is 1.52 bits per heavy atom. The lowest BCUT2D eigenvalue weighted by Crippen LogP contribution is -2.50. The van der Waals surface area contributed by atoms with Gasteiger partial charge >= 0.3 is 0 Å². The molecule has 1 aromatic rings. The maximum atomic E-state index is 11.6. The zero-order valence-electron chi connectivity index (χ0n) is 13.0. The van der Waals surface area contributed by atoms with Crippen molar-refractivity contribution in [2.75, 3.05) is 24.2 Å². The highest BCUT2D eigenvalue weighted by atomic mass is 32.2. The van der Waals surface area contributed by atoms with Gasteiger partial charge in [-0.2, -0.15) is 0 Å². The molecule has 23 heavy (non-hydrogen) atoms. The van der Waals surface area contributed by atoms with Crippen LogP contribution < -0.4 is 10.2 Å². The second kappa shape index (κ2) is 5.63. The molecule has 2 saturated heterocycles. The Labute approximate surface area is 135 Å². The van der Waals surface area contributed by atoms with E-state index in [4.69, 9.17) is 0 Å². The average molecular weight is 336 g/mol. The number of rotatable bonds is 2. The Balaban J connectivity index is 1.69. The van der Waals surface area contributed by atoms with E-state index in [-0.39, 0.29) is 17.2 Å². The number of imide groups is 1. The van der Waals surface area contributed by atoms with Gasteiger partial charge in [0.25, 0.3) is 0 Å². The number of amides is 2. The standard InChI is InChI=1S/C16H20N2O4S/c1-23(21,22)13-4-2-12(3-5-13)18-8-6-16(7-9-18)10-14(19)17-15(20)11-16/h2-5H,6-11H2,1H3,(H,17,19,20). The minimum absolute atomic E-state index is 0.174. The van der Waals surface area contributed by atoms with Crippen molar-refractivity contribution in [3.8, 4) is 0 Å². The number of hydrogen-bond donors (Lipinski definition) is 1. The highest BCUT2D eigenvalue weighted by Crippen LogP contribution is 2.41. The third-order valence-corrected chi connectivity index (χ3v) is 5.93. The summed E-state index contributed by atoms with van der Waals surface area (Å²) in [7, 11) is -3.19. The van der Waals surface area contributed by atoms with E-state index < -0.39 is 9.84 Å². The van der Waals surface area contributed by atoms with Crippen LogP contribution in [-0.4, -0.2) is 39.6 Å². The minimum Gasteiger partial charge on any atom is -0.371 e. The largest absolute Gasteiger partial charge is 0.371 e. The van der Waals surface area contributed by atoms with Crippen LogP contribution in [0.2, 0.25) is 0 Å². The third-order valence-electron chi connectivity index (χ3n) is 4.80. The zero-order chi connectivity index (χ0) is 16.7. The maximum absolute atomic E-state index is 11.6. The molecule has 1 spiro atoms. The fourth-order valence-electron chi connectivity index (χ4n) is 3.48. The Kier molecular flexibility index (Phi) is 3.91. The fraction of sp³-hybridized carbons (Fsp3) is 0.500. The molecule has 2 heterocycles. The Morgan fingerprint density at radius 1 is 1.00 bits per heavy atom. The first kappa shape index (κ1) is 16.0. The smallest absolute Gasteiger partial charge is 0.227 e. The summed E-state index contributed by atoms with van der Waals surface area (Å²) in [6.07, 6.45) is 3.61. The van der Waals surface area contributed by atoms with Crippen LogP contribution in [0.15, 0.2) is 29.2 Å². The van der Waals surface area contributed by atoms with Crippen LogP contribution in [0.3, 0.4) is 0 Å². The lowest BCUT2D eigenvalue weighted by atomic mass is 9.71.